The first kappa shape index (κ1) is 19.2. The van der Waals surface area contributed by atoms with Crippen molar-refractivity contribution in [3.05, 3.63) is 0 Å². The number of rotatable bonds is 5. The molecule has 1 heterocycles. The molecule has 0 aromatic rings. The van der Waals surface area contributed by atoms with E-state index < -0.39 is 5.60 Å². The number of aliphatic hydroxyl groups excluding tert-OH is 1. The van der Waals surface area contributed by atoms with Crippen LogP contribution in [0.15, 0.2) is 0 Å². The second-order valence-corrected chi connectivity index (χ2v) is 7.82. The van der Waals surface area contributed by atoms with Crippen molar-refractivity contribution < 1.29 is 14.6 Å². The molecule has 1 aliphatic rings. The highest BCUT2D eigenvalue weighted by molar-refractivity contribution is 5.68. The highest BCUT2D eigenvalue weighted by atomic mass is 16.6. The Morgan fingerprint density at radius 2 is 2.00 bits per heavy atom. The number of nitrogens with one attached hydrogen (secondary N) is 1. The van der Waals surface area contributed by atoms with Crippen LogP contribution in [0.1, 0.15) is 54.4 Å². The Balaban J connectivity index is 2.56. The van der Waals surface area contributed by atoms with Crippen molar-refractivity contribution in [1.82, 2.24) is 10.2 Å². The van der Waals surface area contributed by atoms with Crippen molar-refractivity contribution in [3.63, 3.8) is 0 Å². The number of aliphatic hydroxyl groups is 1. The van der Waals surface area contributed by atoms with Gasteiger partial charge in [0.2, 0.25) is 0 Å². The molecule has 2 N–H and O–H groups in total. The van der Waals surface area contributed by atoms with Gasteiger partial charge >= 0.3 is 6.09 Å². The van der Waals surface area contributed by atoms with Gasteiger partial charge in [-0.2, -0.15) is 0 Å². The lowest BCUT2D eigenvalue weighted by Gasteiger charge is -2.38. The van der Waals surface area contributed by atoms with Crippen LogP contribution in [0.25, 0.3) is 0 Å². The van der Waals surface area contributed by atoms with Crippen LogP contribution in [0.3, 0.4) is 0 Å². The lowest BCUT2D eigenvalue weighted by molar-refractivity contribution is 0.0141. The number of carbonyl (C=O) groups is 1. The van der Waals surface area contributed by atoms with Crippen molar-refractivity contribution in [2.45, 2.75) is 72.1 Å². The zero-order valence-electron chi connectivity index (χ0n) is 15.1. The van der Waals surface area contributed by atoms with E-state index in [9.17, 15) is 9.90 Å². The van der Waals surface area contributed by atoms with Crippen LogP contribution in [0.2, 0.25) is 0 Å². The second kappa shape index (κ2) is 8.16. The normalized spacial score (nSPS) is 22.5. The number of amides is 1. The average Bonchev–Trinajstić information content (AvgIpc) is 2.42. The van der Waals surface area contributed by atoms with E-state index >= 15 is 0 Å². The molecule has 5 heteroatoms. The van der Waals surface area contributed by atoms with Crippen molar-refractivity contribution in [2.24, 2.45) is 11.8 Å². The quantitative estimate of drug-likeness (QED) is 0.819. The number of carbonyl (C=O) groups excluding carboxylic acids is 1. The molecule has 0 aliphatic carbocycles. The first-order valence-corrected chi connectivity index (χ1v) is 8.49. The van der Waals surface area contributed by atoms with Crippen LogP contribution in [0, 0.1) is 11.8 Å². The highest BCUT2D eigenvalue weighted by Crippen LogP contribution is 2.22. The Kier molecular flexibility index (Phi) is 7.13. The Labute approximate surface area is 135 Å². The largest absolute Gasteiger partial charge is 0.444 e. The van der Waals surface area contributed by atoms with Crippen LogP contribution in [-0.2, 0) is 4.74 Å². The molecule has 3 unspecified atom stereocenters. The van der Waals surface area contributed by atoms with Gasteiger partial charge in [0.1, 0.15) is 5.60 Å². The molecular weight excluding hydrogens is 280 g/mol. The fraction of sp³-hybridized carbons (Fsp3) is 0.941. The molecule has 22 heavy (non-hydrogen) atoms. The molecule has 1 amide bonds. The molecule has 0 aromatic carbocycles. The molecule has 1 rings (SSSR count). The Bertz CT molecular complexity index is 352. The van der Waals surface area contributed by atoms with E-state index in [1.165, 1.54) is 0 Å². The van der Waals surface area contributed by atoms with Crippen LogP contribution in [-0.4, -0.2) is 53.5 Å². The summed E-state index contributed by atoms with van der Waals surface area (Å²) in [7, 11) is 0. The third-order valence-electron chi connectivity index (χ3n) is 4.30. The molecule has 1 aliphatic heterocycles. The van der Waals surface area contributed by atoms with Crippen LogP contribution >= 0.6 is 0 Å². The number of ether oxygens (including phenoxy) is 1. The van der Waals surface area contributed by atoms with E-state index in [-0.39, 0.29) is 24.8 Å². The third kappa shape index (κ3) is 6.13. The lowest BCUT2D eigenvalue weighted by Crippen LogP contribution is -2.51. The maximum absolute atomic E-state index is 12.2. The number of piperidine rings is 1. The predicted octanol–water partition coefficient (Wildman–Crippen LogP) is 2.63. The van der Waals surface area contributed by atoms with Gasteiger partial charge in [-0.05, 0) is 52.4 Å². The minimum Gasteiger partial charge on any atom is -0.444 e. The van der Waals surface area contributed by atoms with Crippen molar-refractivity contribution in [2.75, 3.05) is 19.7 Å². The standard InChI is InChI=1S/C17H34N2O3/c1-12(2)15(11-20)18-13(3)14-8-7-9-19(10-14)16(21)22-17(4,5)6/h12-15,18,20H,7-11H2,1-6H3. The first-order chi connectivity index (χ1) is 10.1. The van der Waals surface area contributed by atoms with Gasteiger partial charge in [-0.1, -0.05) is 13.8 Å². The molecule has 3 atom stereocenters. The van der Waals surface area contributed by atoms with Gasteiger partial charge in [0.25, 0.3) is 0 Å². The molecule has 0 spiro atoms. The Morgan fingerprint density at radius 3 is 2.50 bits per heavy atom. The van der Waals surface area contributed by atoms with Gasteiger partial charge in [0, 0.05) is 25.2 Å². The van der Waals surface area contributed by atoms with E-state index in [1.807, 2.05) is 25.7 Å². The van der Waals surface area contributed by atoms with Gasteiger partial charge in [-0.15, -0.1) is 0 Å². The number of hydrogen-bond acceptors (Lipinski definition) is 4. The summed E-state index contributed by atoms with van der Waals surface area (Å²) in [6, 6.07) is 0.372. The zero-order valence-corrected chi connectivity index (χ0v) is 15.1. The number of nitrogens with zero attached hydrogens (tertiary/aromatic N) is 1. The fourth-order valence-electron chi connectivity index (χ4n) is 2.84. The van der Waals surface area contributed by atoms with Crippen LogP contribution in [0.5, 0.6) is 0 Å². The Hall–Kier alpha value is -0.810. The summed E-state index contributed by atoms with van der Waals surface area (Å²) in [4.78, 5) is 14.0. The maximum atomic E-state index is 12.2. The summed E-state index contributed by atoms with van der Waals surface area (Å²) >= 11 is 0. The van der Waals surface area contributed by atoms with E-state index in [0.29, 0.717) is 11.8 Å². The molecular formula is C17H34N2O3. The van der Waals surface area contributed by atoms with Crippen molar-refractivity contribution >= 4 is 6.09 Å². The van der Waals surface area contributed by atoms with E-state index in [1.54, 1.807) is 0 Å². The maximum Gasteiger partial charge on any atom is 0.410 e. The first-order valence-electron chi connectivity index (χ1n) is 8.49. The molecule has 0 aromatic heterocycles. The Morgan fingerprint density at radius 1 is 1.36 bits per heavy atom. The zero-order chi connectivity index (χ0) is 16.9. The van der Waals surface area contributed by atoms with Crippen LogP contribution in [0.4, 0.5) is 4.79 Å². The summed E-state index contributed by atoms with van der Waals surface area (Å²) in [6.07, 6.45) is 1.89. The van der Waals surface area contributed by atoms with Gasteiger partial charge < -0.3 is 20.1 Å². The summed E-state index contributed by atoms with van der Waals surface area (Å²) in [5.41, 5.74) is -0.451. The summed E-state index contributed by atoms with van der Waals surface area (Å²) in [6.45, 7) is 13.7. The van der Waals surface area contributed by atoms with Crippen LogP contribution < -0.4 is 5.32 Å². The SMILES string of the molecule is CC(C)C(CO)NC(C)C1CCCN(C(=O)OC(C)(C)C)C1. The molecule has 0 saturated carbocycles. The lowest BCUT2D eigenvalue weighted by atomic mass is 9.90. The second-order valence-electron chi connectivity index (χ2n) is 7.82. The molecule has 1 fully saturated rings. The molecule has 0 radical (unpaired) electrons. The van der Waals surface area contributed by atoms with Gasteiger partial charge in [-0.3, -0.25) is 0 Å². The van der Waals surface area contributed by atoms with Crippen molar-refractivity contribution in [3.8, 4) is 0 Å². The number of hydrogen-bond donors (Lipinski definition) is 2. The minimum atomic E-state index is -0.451. The predicted molar refractivity (Wildman–Crippen MR) is 88.8 cm³/mol. The van der Waals surface area contributed by atoms with E-state index in [0.717, 1.165) is 25.9 Å². The average molecular weight is 314 g/mol. The minimum absolute atomic E-state index is 0.104. The molecule has 1 saturated heterocycles. The smallest absolute Gasteiger partial charge is 0.410 e. The summed E-state index contributed by atoms with van der Waals surface area (Å²) < 4.78 is 5.47. The number of likely N-dealkylation sites (tertiary alicyclic amines) is 1. The van der Waals surface area contributed by atoms with Gasteiger partial charge in [0.15, 0.2) is 0 Å². The van der Waals surface area contributed by atoms with Gasteiger partial charge in [-0.25, -0.2) is 4.79 Å². The molecule has 0 bridgehead atoms. The topological polar surface area (TPSA) is 61.8 Å². The fourth-order valence-corrected chi connectivity index (χ4v) is 2.84. The molecule has 130 valence electrons. The van der Waals surface area contributed by atoms with E-state index in [2.05, 4.69) is 26.1 Å². The summed E-state index contributed by atoms with van der Waals surface area (Å²) in [5, 5.41) is 13.0. The third-order valence-corrected chi connectivity index (χ3v) is 4.30. The summed E-state index contributed by atoms with van der Waals surface area (Å²) in [5.74, 6) is 0.784. The highest BCUT2D eigenvalue weighted by Gasteiger charge is 2.31. The monoisotopic (exact) mass is 314 g/mol. The molecule has 5 nitrogen and oxygen atoms in total. The van der Waals surface area contributed by atoms with Crippen molar-refractivity contribution in [1.29, 1.82) is 0 Å². The van der Waals surface area contributed by atoms with E-state index in [4.69, 9.17) is 4.74 Å². The van der Waals surface area contributed by atoms with Gasteiger partial charge in [0.05, 0.1) is 6.61 Å².